The fourth-order valence-corrected chi connectivity index (χ4v) is 2.27. The molecule has 2 aromatic carbocycles. The first-order valence-corrected chi connectivity index (χ1v) is 7.86. The zero-order valence-corrected chi connectivity index (χ0v) is 17.2. The van der Waals surface area contributed by atoms with Crippen molar-refractivity contribution in [1.29, 1.82) is 0 Å². The van der Waals surface area contributed by atoms with E-state index < -0.39 is 6.61 Å². The van der Waals surface area contributed by atoms with Crippen LogP contribution in [-0.2, 0) is 13.1 Å². The van der Waals surface area contributed by atoms with Gasteiger partial charge < -0.3 is 25.2 Å². The Morgan fingerprint density at radius 1 is 1.11 bits per heavy atom. The third-order valence-electron chi connectivity index (χ3n) is 3.59. The maximum atomic E-state index is 12.5. The molecule has 0 heterocycles. The lowest BCUT2D eigenvalue weighted by molar-refractivity contribution is -0.0504. The predicted molar refractivity (Wildman–Crippen MR) is 110 cm³/mol. The molecule has 0 unspecified atom stereocenters. The van der Waals surface area contributed by atoms with Crippen LogP contribution in [0.25, 0.3) is 0 Å². The lowest BCUT2D eigenvalue weighted by Gasteiger charge is -2.15. The molecule has 0 aromatic heterocycles. The van der Waals surface area contributed by atoms with E-state index in [1.807, 2.05) is 0 Å². The van der Waals surface area contributed by atoms with Crippen molar-refractivity contribution >= 4 is 29.9 Å². The van der Waals surface area contributed by atoms with E-state index in [0.717, 1.165) is 0 Å². The zero-order valence-electron chi connectivity index (χ0n) is 14.9. The average molecular weight is 493 g/mol. The van der Waals surface area contributed by atoms with Crippen molar-refractivity contribution in [3.8, 4) is 17.2 Å². The van der Waals surface area contributed by atoms with E-state index in [1.165, 1.54) is 6.07 Å². The normalized spacial score (nSPS) is 10.9. The number of hydrogen-bond acceptors (Lipinski definition) is 4. The van der Waals surface area contributed by atoms with Gasteiger partial charge in [-0.05, 0) is 24.3 Å². The molecule has 0 spiro atoms. The molecule has 6 nitrogen and oxygen atoms in total. The van der Waals surface area contributed by atoms with Crippen molar-refractivity contribution < 1.29 is 23.4 Å². The number of methoxy groups -OCH3 is 1. The van der Waals surface area contributed by atoms with Crippen LogP contribution in [0.5, 0.6) is 17.2 Å². The van der Waals surface area contributed by atoms with Crippen molar-refractivity contribution in [2.45, 2.75) is 19.7 Å². The largest absolute Gasteiger partial charge is 0.508 e. The van der Waals surface area contributed by atoms with Gasteiger partial charge in [-0.1, -0.05) is 18.2 Å². The van der Waals surface area contributed by atoms with Gasteiger partial charge in [-0.3, -0.25) is 4.99 Å². The number of para-hydroxylation sites is 1. The van der Waals surface area contributed by atoms with Gasteiger partial charge in [-0.15, -0.1) is 24.0 Å². The number of benzene rings is 2. The first-order chi connectivity index (χ1) is 12.5. The lowest BCUT2D eigenvalue weighted by atomic mass is 10.2. The molecule has 0 atom stereocenters. The number of nitrogens with one attached hydrogen (secondary N) is 2. The zero-order chi connectivity index (χ0) is 18.9. The molecule has 2 rings (SSSR count). The number of alkyl halides is 2. The SMILES string of the molecule is CN=C(NCc1cc(OC)ccc1O)NCc1ccccc1OC(F)F.I. The van der Waals surface area contributed by atoms with E-state index in [4.69, 9.17) is 4.74 Å². The Balaban J connectivity index is 0.00000364. The minimum Gasteiger partial charge on any atom is -0.508 e. The number of ether oxygens (including phenoxy) is 2. The first kappa shape index (κ1) is 22.7. The Hall–Kier alpha value is -2.30. The minimum absolute atomic E-state index is 0. The highest BCUT2D eigenvalue weighted by atomic mass is 127. The third-order valence-corrected chi connectivity index (χ3v) is 3.59. The minimum atomic E-state index is -2.88. The number of guanidine groups is 1. The summed E-state index contributed by atoms with van der Waals surface area (Å²) in [6, 6.07) is 11.4. The number of aromatic hydroxyl groups is 1. The first-order valence-electron chi connectivity index (χ1n) is 7.86. The number of phenols is 1. The van der Waals surface area contributed by atoms with Gasteiger partial charge in [0, 0.05) is 31.3 Å². The molecule has 0 aliphatic rings. The fraction of sp³-hybridized carbons (Fsp3) is 0.278. The van der Waals surface area contributed by atoms with E-state index in [-0.39, 0.29) is 42.0 Å². The van der Waals surface area contributed by atoms with Gasteiger partial charge in [0.15, 0.2) is 5.96 Å². The molecular formula is C18H22F2IN3O3. The van der Waals surface area contributed by atoms with Crippen LogP contribution in [0.1, 0.15) is 11.1 Å². The number of halogens is 3. The van der Waals surface area contributed by atoms with Crippen LogP contribution < -0.4 is 20.1 Å². The van der Waals surface area contributed by atoms with E-state index in [2.05, 4.69) is 20.4 Å². The van der Waals surface area contributed by atoms with Crippen LogP contribution >= 0.6 is 24.0 Å². The standard InChI is InChI=1S/C18H21F2N3O3.HI/c1-21-18(23-11-13-9-14(25-2)7-8-15(13)24)22-10-12-5-3-4-6-16(12)26-17(19)20;/h3-9,17,24H,10-11H2,1-2H3,(H2,21,22,23);1H. The summed E-state index contributed by atoms with van der Waals surface area (Å²) in [7, 11) is 3.13. The van der Waals surface area contributed by atoms with E-state index in [1.54, 1.807) is 50.6 Å². The Kier molecular flexibility index (Phi) is 9.62. The van der Waals surface area contributed by atoms with Gasteiger partial charge in [-0.2, -0.15) is 8.78 Å². The molecule has 0 saturated carbocycles. The molecule has 0 saturated heterocycles. The molecule has 148 valence electrons. The van der Waals surface area contributed by atoms with Crippen molar-refractivity contribution in [2.24, 2.45) is 4.99 Å². The average Bonchev–Trinajstić information content (AvgIpc) is 2.64. The molecule has 9 heteroatoms. The van der Waals surface area contributed by atoms with Crippen molar-refractivity contribution in [2.75, 3.05) is 14.2 Å². The number of rotatable bonds is 7. The van der Waals surface area contributed by atoms with Crippen LogP contribution in [0, 0.1) is 0 Å². The molecule has 0 aliphatic heterocycles. The third kappa shape index (κ3) is 7.08. The fourth-order valence-electron chi connectivity index (χ4n) is 2.27. The van der Waals surface area contributed by atoms with Crippen molar-refractivity contribution in [1.82, 2.24) is 10.6 Å². The van der Waals surface area contributed by atoms with Gasteiger partial charge in [0.05, 0.1) is 7.11 Å². The monoisotopic (exact) mass is 493 g/mol. The molecule has 0 aliphatic carbocycles. The Labute approximate surface area is 173 Å². The molecule has 27 heavy (non-hydrogen) atoms. The molecule has 0 radical (unpaired) electrons. The number of hydrogen-bond donors (Lipinski definition) is 3. The van der Waals surface area contributed by atoms with Crippen LogP contribution in [0.15, 0.2) is 47.5 Å². The van der Waals surface area contributed by atoms with Gasteiger partial charge in [0.25, 0.3) is 0 Å². The van der Waals surface area contributed by atoms with Gasteiger partial charge in [-0.25, -0.2) is 0 Å². The van der Waals surface area contributed by atoms with Gasteiger partial charge >= 0.3 is 6.61 Å². The van der Waals surface area contributed by atoms with Gasteiger partial charge in [0.1, 0.15) is 17.2 Å². The summed E-state index contributed by atoms with van der Waals surface area (Å²) < 4.78 is 34.6. The number of nitrogens with zero attached hydrogens (tertiary/aromatic N) is 1. The van der Waals surface area contributed by atoms with E-state index in [0.29, 0.717) is 29.4 Å². The highest BCUT2D eigenvalue weighted by molar-refractivity contribution is 14.0. The molecule has 0 bridgehead atoms. The second kappa shape index (κ2) is 11.4. The highest BCUT2D eigenvalue weighted by Gasteiger charge is 2.10. The van der Waals surface area contributed by atoms with Crippen LogP contribution in [-0.4, -0.2) is 31.8 Å². The number of aliphatic imine (C=N–C) groups is 1. The summed E-state index contributed by atoms with van der Waals surface area (Å²) in [6.45, 7) is -2.34. The Bertz CT molecular complexity index is 760. The van der Waals surface area contributed by atoms with Crippen LogP contribution in [0.4, 0.5) is 8.78 Å². The Morgan fingerprint density at radius 3 is 2.41 bits per heavy atom. The molecule has 0 fully saturated rings. The second-order valence-electron chi connectivity index (χ2n) is 5.26. The summed E-state index contributed by atoms with van der Waals surface area (Å²) in [5.74, 6) is 1.31. The summed E-state index contributed by atoms with van der Waals surface area (Å²) in [6.07, 6.45) is 0. The maximum Gasteiger partial charge on any atom is 0.387 e. The molecule has 0 amide bonds. The maximum absolute atomic E-state index is 12.5. The van der Waals surface area contributed by atoms with Crippen molar-refractivity contribution in [3.05, 3.63) is 53.6 Å². The molecular weight excluding hydrogens is 471 g/mol. The second-order valence-corrected chi connectivity index (χ2v) is 5.26. The van der Waals surface area contributed by atoms with Crippen LogP contribution in [0.3, 0.4) is 0 Å². The highest BCUT2D eigenvalue weighted by Crippen LogP contribution is 2.22. The summed E-state index contributed by atoms with van der Waals surface area (Å²) in [5, 5.41) is 16.0. The van der Waals surface area contributed by atoms with Crippen LogP contribution in [0.2, 0.25) is 0 Å². The number of phenolic OH excluding ortho intramolecular Hbond substituents is 1. The summed E-state index contributed by atoms with van der Waals surface area (Å²) in [5.41, 5.74) is 1.20. The predicted octanol–water partition coefficient (Wildman–Crippen LogP) is 3.49. The molecule has 2 aromatic rings. The molecule has 3 N–H and O–H groups in total. The quantitative estimate of drug-likeness (QED) is 0.313. The van der Waals surface area contributed by atoms with E-state index >= 15 is 0 Å². The van der Waals surface area contributed by atoms with E-state index in [9.17, 15) is 13.9 Å². The summed E-state index contributed by atoms with van der Waals surface area (Å²) in [4.78, 5) is 4.07. The topological polar surface area (TPSA) is 75.1 Å². The Morgan fingerprint density at radius 2 is 1.78 bits per heavy atom. The van der Waals surface area contributed by atoms with Crippen molar-refractivity contribution in [3.63, 3.8) is 0 Å². The smallest absolute Gasteiger partial charge is 0.387 e. The lowest BCUT2D eigenvalue weighted by Crippen LogP contribution is -2.36. The summed E-state index contributed by atoms with van der Waals surface area (Å²) >= 11 is 0. The van der Waals surface area contributed by atoms with Gasteiger partial charge in [0.2, 0.25) is 0 Å².